The minimum Gasteiger partial charge on any atom is -1.00 e. The van der Waals surface area contributed by atoms with Crippen molar-refractivity contribution in [2.45, 2.75) is 13.8 Å². The van der Waals surface area contributed by atoms with E-state index < -0.39 is 23.2 Å². The number of rotatable bonds is 5. The molecule has 0 saturated carbocycles. The van der Waals surface area contributed by atoms with Gasteiger partial charge in [0.05, 0.1) is 0 Å². The van der Waals surface area contributed by atoms with E-state index in [4.69, 9.17) is 0 Å². The average molecular weight is 629 g/mol. The first-order chi connectivity index (χ1) is 17.7. The monoisotopic (exact) mass is 626 g/mol. The molecular formula is C34H27Cl2PZr. The molecule has 1 aliphatic carbocycles. The van der Waals surface area contributed by atoms with Gasteiger partial charge in [0, 0.05) is 0 Å². The van der Waals surface area contributed by atoms with Crippen LogP contribution >= 0.6 is 8.19 Å². The number of halogens is 2. The first-order valence-corrected chi connectivity index (χ1v) is 15.8. The van der Waals surface area contributed by atoms with Gasteiger partial charge < -0.3 is 24.8 Å². The van der Waals surface area contributed by atoms with Crippen molar-refractivity contribution in [2.24, 2.45) is 0 Å². The van der Waals surface area contributed by atoms with Crippen molar-refractivity contribution >= 4 is 20.6 Å². The summed E-state index contributed by atoms with van der Waals surface area (Å²) in [7, 11) is 0.705. The molecule has 4 heteroatoms. The molecule has 1 aromatic heterocycles. The summed E-state index contributed by atoms with van der Waals surface area (Å²) in [5.41, 5.74) is 9.82. The molecule has 6 rings (SSSR count). The van der Waals surface area contributed by atoms with Gasteiger partial charge in [0.1, 0.15) is 0 Å². The summed E-state index contributed by atoms with van der Waals surface area (Å²) in [6.45, 7) is 4.53. The molecule has 4 aromatic carbocycles. The van der Waals surface area contributed by atoms with Crippen molar-refractivity contribution in [2.75, 3.05) is 0 Å². The van der Waals surface area contributed by atoms with Crippen molar-refractivity contribution in [3.05, 3.63) is 137 Å². The molecule has 0 aliphatic heterocycles. The predicted molar refractivity (Wildman–Crippen MR) is 154 cm³/mol. The Kier molecular flexibility index (Phi) is 9.51. The maximum Gasteiger partial charge on any atom is -1.00 e. The second kappa shape index (κ2) is 12.6. The van der Waals surface area contributed by atoms with E-state index in [-0.39, 0.29) is 24.8 Å². The molecule has 38 heavy (non-hydrogen) atoms. The van der Waals surface area contributed by atoms with Crippen LogP contribution < -0.4 is 38.3 Å². The molecule has 0 N–H and O–H groups in total. The van der Waals surface area contributed by atoms with Crippen molar-refractivity contribution in [1.82, 2.24) is 0 Å². The number of fused-ring (bicyclic) bond motifs is 1. The zero-order valence-corrected chi connectivity index (χ0v) is 26.3. The molecule has 0 fully saturated rings. The van der Waals surface area contributed by atoms with Crippen molar-refractivity contribution in [3.8, 4) is 33.1 Å². The van der Waals surface area contributed by atoms with Gasteiger partial charge in [-0.15, -0.1) is 0 Å². The topological polar surface area (TPSA) is 0 Å². The maximum atomic E-state index is 2.42. The van der Waals surface area contributed by atoms with Gasteiger partial charge in [0.2, 0.25) is 0 Å². The standard InChI is InChI=1S/C22H16P.C12H11.2ClH.Zr/c1-4-10-17(11-5-1)20-16-23-22(19-14-8-3-9-15-19)21(20)18-12-6-2-7-13-18;1-9(2)12-7-10-5-3-4-6-11(10)8-12;;;/h1-15,23H;3-7H,1-2H3;2*1H;/q;;;;+2/p-2. The van der Waals surface area contributed by atoms with E-state index in [1.807, 2.05) is 0 Å². The summed E-state index contributed by atoms with van der Waals surface area (Å²) in [6, 6.07) is 42.2. The Bertz CT molecular complexity index is 1700. The first kappa shape index (κ1) is 28.6. The molecule has 186 valence electrons. The van der Waals surface area contributed by atoms with Crippen LogP contribution in [0.2, 0.25) is 0 Å². The van der Waals surface area contributed by atoms with Crippen LogP contribution in [0.15, 0.2) is 126 Å². The molecule has 0 saturated heterocycles. The second-order valence-electron chi connectivity index (χ2n) is 9.37. The van der Waals surface area contributed by atoms with Gasteiger partial charge in [-0.3, -0.25) is 0 Å². The molecule has 0 bridgehead atoms. The van der Waals surface area contributed by atoms with Gasteiger partial charge in [-0.1, -0.05) is 0 Å². The van der Waals surface area contributed by atoms with Crippen molar-refractivity contribution < 1.29 is 48.0 Å². The van der Waals surface area contributed by atoms with Gasteiger partial charge in [-0.25, -0.2) is 0 Å². The molecule has 1 heterocycles. The van der Waals surface area contributed by atoms with Crippen LogP contribution in [0.1, 0.15) is 13.8 Å². The van der Waals surface area contributed by atoms with E-state index >= 15 is 0 Å². The van der Waals surface area contributed by atoms with Crippen LogP contribution in [-0.4, -0.2) is 0 Å². The molecule has 0 amide bonds. The molecule has 0 nitrogen and oxygen atoms in total. The van der Waals surface area contributed by atoms with E-state index in [2.05, 4.69) is 135 Å². The summed E-state index contributed by atoms with van der Waals surface area (Å²) in [6.07, 6.45) is 2.42. The first-order valence-electron chi connectivity index (χ1n) is 12.4. The summed E-state index contributed by atoms with van der Waals surface area (Å²) >= 11 is -1.10. The Balaban J connectivity index is 0.00000168. The summed E-state index contributed by atoms with van der Waals surface area (Å²) in [5, 5.41) is 4.33. The average Bonchev–Trinajstić information content (AvgIpc) is 3.50. The second-order valence-corrected chi connectivity index (χ2v) is 14.9. The van der Waals surface area contributed by atoms with Gasteiger partial charge in [-0.05, 0) is 0 Å². The molecule has 1 aliphatic rings. The Morgan fingerprint density at radius 1 is 0.579 bits per heavy atom. The molecular weight excluding hydrogens is 601 g/mol. The molecule has 5 aromatic rings. The molecule has 1 atom stereocenters. The maximum absolute atomic E-state index is 2.42. The zero-order chi connectivity index (χ0) is 24.5. The summed E-state index contributed by atoms with van der Waals surface area (Å²) in [4.78, 5) is 0. The number of benzene rings is 4. The largest absolute Gasteiger partial charge is 1.00 e. The molecule has 0 spiro atoms. The van der Waals surface area contributed by atoms with Crippen LogP contribution in [0, 0.1) is 0 Å². The molecule has 1 unspecified atom stereocenters. The number of hydrogen-bond donors (Lipinski definition) is 0. The fraction of sp³-hybridized carbons (Fsp3) is 0.0588. The smallest absolute Gasteiger partial charge is 1.00 e. The fourth-order valence-corrected chi connectivity index (χ4v) is 12.2. The third kappa shape index (κ3) is 5.50. The molecule has 0 radical (unpaired) electrons. The van der Waals surface area contributed by atoms with Gasteiger partial charge in [-0.2, -0.15) is 0 Å². The van der Waals surface area contributed by atoms with Gasteiger partial charge >= 0.3 is 228 Å². The normalized spacial score (nSPS) is 11.7. The van der Waals surface area contributed by atoms with Gasteiger partial charge in [0.25, 0.3) is 0 Å². The number of hydrogen-bond acceptors (Lipinski definition) is 0. The summed E-state index contributed by atoms with van der Waals surface area (Å²) < 4.78 is 3.33. The van der Waals surface area contributed by atoms with Crippen molar-refractivity contribution in [1.29, 1.82) is 0 Å². The quantitative estimate of drug-likeness (QED) is 0.276. The SMILES string of the molecule is CC(C)=C1C=c2ccccc2=[C]1[Zr+2][c]1[pH]c(-c2ccccc2)c(-c2ccccc2)c1-c1ccccc1.[Cl-].[Cl-]. The third-order valence-corrected chi connectivity index (χ3v) is 12.9. The Morgan fingerprint density at radius 3 is 1.66 bits per heavy atom. The van der Waals surface area contributed by atoms with E-state index in [0.717, 1.165) is 0 Å². The van der Waals surface area contributed by atoms with E-state index in [1.54, 1.807) is 6.28 Å². The number of allylic oxidation sites excluding steroid dienone is 2. The Labute approximate surface area is 250 Å². The van der Waals surface area contributed by atoms with E-state index in [1.165, 1.54) is 54.7 Å². The third-order valence-electron chi connectivity index (χ3n) is 6.78. The minimum absolute atomic E-state index is 0. The van der Waals surface area contributed by atoms with E-state index in [0.29, 0.717) is 8.19 Å². The Morgan fingerprint density at radius 2 is 1.08 bits per heavy atom. The van der Waals surface area contributed by atoms with Crippen molar-refractivity contribution in [3.63, 3.8) is 0 Å². The van der Waals surface area contributed by atoms with Crippen LogP contribution in [0.5, 0.6) is 0 Å². The van der Waals surface area contributed by atoms with E-state index in [9.17, 15) is 0 Å². The summed E-state index contributed by atoms with van der Waals surface area (Å²) in [5.74, 6) is 0. The van der Waals surface area contributed by atoms with Crippen LogP contribution in [0.25, 0.3) is 42.5 Å². The van der Waals surface area contributed by atoms with Crippen LogP contribution in [0.4, 0.5) is 0 Å². The minimum atomic E-state index is -1.10. The van der Waals surface area contributed by atoms with Gasteiger partial charge in [0.15, 0.2) is 0 Å². The Hall–Kier alpha value is -2.40. The fourth-order valence-electron chi connectivity index (χ4n) is 5.08. The predicted octanol–water partition coefficient (Wildman–Crippen LogP) is 1.37. The van der Waals surface area contributed by atoms with Crippen LogP contribution in [0.3, 0.4) is 0 Å². The van der Waals surface area contributed by atoms with Crippen LogP contribution in [-0.2, 0) is 23.2 Å². The zero-order valence-electron chi connectivity index (χ0n) is 21.3.